The molecule has 0 spiro atoms. The van der Waals surface area contributed by atoms with Crippen molar-refractivity contribution in [2.24, 2.45) is 0 Å². The number of carbonyl (C=O) groups excluding carboxylic acids is 3. The van der Waals surface area contributed by atoms with E-state index in [1.807, 2.05) is 12.1 Å². The highest BCUT2D eigenvalue weighted by Crippen LogP contribution is 2.23. The molecule has 142 valence electrons. The fourth-order valence-electron chi connectivity index (χ4n) is 2.81. The van der Waals surface area contributed by atoms with Crippen LogP contribution in [0, 0.1) is 0 Å². The molecule has 0 aliphatic carbocycles. The molecule has 0 bridgehead atoms. The molecule has 1 aliphatic heterocycles. The van der Waals surface area contributed by atoms with Crippen LogP contribution in [0.1, 0.15) is 25.6 Å². The maximum Gasteiger partial charge on any atom is 0.338 e. The highest BCUT2D eigenvalue weighted by Gasteiger charge is 2.22. The molecule has 1 fully saturated rings. The molecule has 1 saturated heterocycles. The van der Waals surface area contributed by atoms with Crippen LogP contribution < -0.4 is 0 Å². The third kappa shape index (κ3) is 5.38. The van der Waals surface area contributed by atoms with Gasteiger partial charge < -0.3 is 9.64 Å². The van der Waals surface area contributed by atoms with Gasteiger partial charge >= 0.3 is 5.97 Å². The molecule has 0 radical (unpaired) electrons. The molecule has 1 aliphatic rings. The second kappa shape index (κ2) is 9.12. The van der Waals surface area contributed by atoms with E-state index >= 15 is 0 Å². The van der Waals surface area contributed by atoms with Crippen molar-refractivity contribution in [2.75, 3.05) is 32.8 Å². The summed E-state index contributed by atoms with van der Waals surface area (Å²) < 4.78 is 5.88. The van der Waals surface area contributed by atoms with Crippen molar-refractivity contribution in [1.82, 2.24) is 9.80 Å². The highest BCUT2D eigenvalue weighted by molar-refractivity contribution is 7.16. The molecule has 1 aromatic heterocycles. The first-order chi connectivity index (χ1) is 13.0. The summed E-state index contributed by atoms with van der Waals surface area (Å²) in [6.45, 7) is 3.28. The fraction of sp³-hybridized carbons (Fsp3) is 0.316. The molecule has 27 heavy (non-hydrogen) atoms. The Kier molecular flexibility index (Phi) is 6.60. The number of piperazine rings is 1. The normalized spacial score (nSPS) is 14.8. The monoisotopic (exact) mass is 406 g/mol. The van der Waals surface area contributed by atoms with Gasteiger partial charge in [-0.25, -0.2) is 4.79 Å². The minimum absolute atomic E-state index is 0.202. The molecule has 3 rings (SSSR count). The van der Waals surface area contributed by atoms with Crippen molar-refractivity contribution in [2.45, 2.75) is 6.54 Å². The molecule has 8 heteroatoms. The Morgan fingerprint density at radius 2 is 1.78 bits per heavy atom. The molecule has 1 aromatic carbocycles. The van der Waals surface area contributed by atoms with Crippen LogP contribution >= 0.6 is 22.9 Å². The predicted octanol–water partition coefficient (Wildman–Crippen LogP) is 2.72. The van der Waals surface area contributed by atoms with E-state index in [4.69, 9.17) is 16.3 Å². The van der Waals surface area contributed by atoms with Crippen LogP contribution in [-0.2, 0) is 16.1 Å². The first kappa shape index (κ1) is 19.5. The van der Waals surface area contributed by atoms with Crippen LogP contribution in [-0.4, -0.2) is 60.7 Å². The number of ether oxygens (including phenoxy) is 1. The van der Waals surface area contributed by atoms with Gasteiger partial charge in [0.25, 0.3) is 5.91 Å². The largest absolute Gasteiger partial charge is 0.452 e. The molecule has 0 saturated carbocycles. The summed E-state index contributed by atoms with van der Waals surface area (Å²) in [5, 5.41) is 0. The third-order valence-corrected chi connectivity index (χ3v) is 5.56. The van der Waals surface area contributed by atoms with E-state index in [9.17, 15) is 14.4 Å². The molecular formula is C19H19ClN2O4S. The number of halogens is 1. The molecule has 0 atom stereocenters. The molecule has 0 N–H and O–H groups in total. The number of carbonyl (C=O) groups is 3. The number of nitrogens with zero attached hydrogens (tertiary/aromatic N) is 2. The molecule has 1 amide bonds. The van der Waals surface area contributed by atoms with E-state index in [0.717, 1.165) is 24.0 Å². The summed E-state index contributed by atoms with van der Waals surface area (Å²) in [5.74, 6) is -0.777. The Hall–Kier alpha value is -2.22. The predicted molar refractivity (Wildman–Crippen MR) is 103 cm³/mol. The Labute approximate surface area is 166 Å². The molecule has 2 aromatic rings. The molecule has 6 nitrogen and oxygen atoms in total. The first-order valence-electron chi connectivity index (χ1n) is 8.52. The fourth-order valence-corrected chi connectivity index (χ4v) is 3.94. The van der Waals surface area contributed by atoms with Crippen LogP contribution in [0.5, 0.6) is 0 Å². The summed E-state index contributed by atoms with van der Waals surface area (Å²) in [6.07, 6.45) is 0.700. The van der Waals surface area contributed by atoms with Crippen molar-refractivity contribution in [3.05, 3.63) is 56.7 Å². The molecular weight excluding hydrogens is 388 g/mol. The van der Waals surface area contributed by atoms with Gasteiger partial charge in [0.05, 0.1) is 9.90 Å². The van der Waals surface area contributed by atoms with Crippen LogP contribution in [0.15, 0.2) is 36.4 Å². The van der Waals surface area contributed by atoms with Gasteiger partial charge in [-0.2, -0.15) is 0 Å². The second-order valence-corrected chi connectivity index (χ2v) is 7.98. The smallest absolute Gasteiger partial charge is 0.338 e. The average molecular weight is 407 g/mol. The van der Waals surface area contributed by atoms with E-state index < -0.39 is 5.97 Å². The van der Waals surface area contributed by atoms with Gasteiger partial charge in [0.2, 0.25) is 0 Å². The maximum absolute atomic E-state index is 12.3. The minimum Gasteiger partial charge on any atom is -0.452 e. The Morgan fingerprint density at radius 1 is 1.07 bits per heavy atom. The van der Waals surface area contributed by atoms with Crippen molar-refractivity contribution >= 4 is 41.1 Å². The van der Waals surface area contributed by atoms with E-state index in [1.54, 1.807) is 16.2 Å². The lowest BCUT2D eigenvalue weighted by Crippen LogP contribution is -2.49. The second-order valence-electron chi connectivity index (χ2n) is 6.18. The Bertz CT molecular complexity index is 813. The Morgan fingerprint density at radius 3 is 2.37 bits per heavy atom. The summed E-state index contributed by atoms with van der Waals surface area (Å²) in [4.78, 5) is 40.1. The van der Waals surface area contributed by atoms with Crippen molar-refractivity contribution in [3.63, 3.8) is 0 Å². The van der Waals surface area contributed by atoms with E-state index in [2.05, 4.69) is 4.90 Å². The van der Waals surface area contributed by atoms with Crippen LogP contribution in [0.3, 0.4) is 0 Å². The van der Waals surface area contributed by atoms with Crippen molar-refractivity contribution < 1.29 is 19.1 Å². The highest BCUT2D eigenvalue weighted by atomic mass is 35.5. The summed E-state index contributed by atoms with van der Waals surface area (Å²) in [5.41, 5.74) is 0.790. The van der Waals surface area contributed by atoms with Crippen molar-refractivity contribution in [3.8, 4) is 0 Å². The SMILES string of the molecule is O=Cc1ccc(C(=O)OCC(=O)N2CCN(Cc3ccc(Cl)s3)CC2)cc1. The van der Waals surface area contributed by atoms with Crippen molar-refractivity contribution in [1.29, 1.82) is 0 Å². The van der Waals surface area contributed by atoms with Crippen LogP contribution in [0.25, 0.3) is 0 Å². The lowest BCUT2D eigenvalue weighted by Gasteiger charge is -2.34. The standard InChI is InChI=1S/C19H19ClN2O4S/c20-17-6-5-16(27-17)11-21-7-9-22(10-8-21)18(24)13-26-19(25)15-3-1-14(12-23)2-4-15/h1-6,12H,7-11,13H2. The number of hydrogen-bond acceptors (Lipinski definition) is 6. The van der Waals surface area contributed by atoms with Gasteiger partial charge in [-0.3, -0.25) is 14.5 Å². The number of hydrogen-bond donors (Lipinski definition) is 0. The molecule has 0 unspecified atom stereocenters. The zero-order valence-electron chi connectivity index (χ0n) is 14.6. The van der Waals surface area contributed by atoms with Gasteiger partial charge in [0.1, 0.15) is 6.29 Å². The van der Waals surface area contributed by atoms with Gasteiger partial charge in [-0.05, 0) is 24.3 Å². The lowest BCUT2D eigenvalue weighted by molar-refractivity contribution is -0.136. The zero-order valence-corrected chi connectivity index (χ0v) is 16.2. The van der Waals surface area contributed by atoms with Gasteiger partial charge in [0, 0.05) is 43.2 Å². The summed E-state index contributed by atoms with van der Waals surface area (Å²) in [6, 6.07) is 9.99. The quantitative estimate of drug-likeness (QED) is 0.545. The van der Waals surface area contributed by atoms with E-state index in [0.29, 0.717) is 30.5 Å². The number of benzene rings is 1. The summed E-state index contributed by atoms with van der Waals surface area (Å²) in [7, 11) is 0. The average Bonchev–Trinajstić information content (AvgIpc) is 3.11. The van der Waals surface area contributed by atoms with Gasteiger partial charge in [0.15, 0.2) is 6.61 Å². The number of aldehydes is 1. The van der Waals surface area contributed by atoms with Gasteiger partial charge in [-0.15, -0.1) is 11.3 Å². The zero-order chi connectivity index (χ0) is 19.2. The number of rotatable bonds is 6. The topological polar surface area (TPSA) is 66.9 Å². The lowest BCUT2D eigenvalue weighted by atomic mass is 10.1. The first-order valence-corrected chi connectivity index (χ1v) is 9.71. The maximum atomic E-state index is 12.3. The van der Waals surface area contributed by atoms with Crippen LogP contribution in [0.4, 0.5) is 0 Å². The minimum atomic E-state index is -0.575. The molecule has 2 heterocycles. The third-order valence-electron chi connectivity index (χ3n) is 4.34. The van der Waals surface area contributed by atoms with Crippen LogP contribution in [0.2, 0.25) is 4.34 Å². The van der Waals surface area contributed by atoms with E-state index in [-0.39, 0.29) is 12.5 Å². The van der Waals surface area contributed by atoms with Gasteiger partial charge in [-0.1, -0.05) is 23.7 Å². The number of amides is 1. The Balaban J connectivity index is 1.42. The summed E-state index contributed by atoms with van der Waals surface area (Å²) >= 11 is 7.52. The van der Waals surface area contributed by atoms with E-state index in [1.165, 1.54) is 29.1 Å². The number of thiophene rings is 1. The number of esters is 1.